The standard InChI is InChI=1S/C12H5Cl4NO/c13-8-3-7(4-9(14)11(8)15)10-6(5-18)1-2-17-12(10)16/h1-5H. The van der Waals surface area contributed by atoms with Crippen molar-refractivity contribution in [2.75, 3.05) is 0 Å². The Morgan fingerprint density at radius 1 is 1.06 bits per heavy atom. The van der Waals surface area contributed by atoms with Crippen LogP contribution < -0.4 is 0 Å². The number of benzene rings is 1. The molecule has 2 aromatic rings. The quantitative estimate of drug-likeness (QED) is 0.434. The van der Waals surface area contributed by atoms with Gasteiger partial charge in [-0.3, -0.25) is 4.79 Å². The van der Waals surface area contributed by atoms with E-state index in [9.17, 15) is 4.79 Å². The van der Waals surface area contributed by atoms with Crippen molar-refractivity contribution in [1.82, 2.24) is 4.98 Å². The SMILES string of the molecule is O=Cc1ccnc(Cl)c1-c1cc(Cl)c(Cl)c(Cl)c1. The Kier molecular flexibility index (Phi) is 4.13. The maximum atomic E-state index is 11.0. The maximum absolute atomic E-state index is 11.0. The lowest BCUT2D eigenvalue weighted by molar-refractivity contribution is 0.112. The average Bonchev–Trinajstić information content (AvgIpc) is 2.35. The predicted octanol–water partition coefficient (Wildman–Crippen LogP) is 5.17. The second-order valence-corrected chi connectivity index (χ2v) is 4.99. The van der Waals surface area contributed by atoms with Gasteiger partial charge in [0.15, 0.2) is 6.29 Å². The highest BCUT2D eigenvalue weighted by Gasteiger charge is 2.14. The van der Waals surface area contributed by atoms with E-state index in [0.717, 1.165) is 0 Å². The fraction of sp³-hybridized carbons (Fsp3) is 0. The van der Waals surface area contributed by atoms with E-state index in [1.165, 1.54) is 6.20 Å². The van der Waals surface area contributed by atoms with Crippen LogP contribution >= 0.6 is 46.4 Å². The van der Waals surface area contributed by atoms with E-state index in [-0.39, 0.29) is 20.2 Å². The molecule has 0 spiro atoms. The van der Waals surface area contributed by atoms with E-state index in [4.69, 9.17) is 46.4 Å². The molecule has 6 heteroatoms. The third-order valence-electron chi connectivity index (χ3n) is 2.34. The number of pyridine rings is 1. The summed E-state index contributed by atoms with van der Waals surface area (Å²) in [6.45, 7) is 0. The predicted molar refractivity (Wildman–Crippen MR) is 75.1 cm³/mol. The fourth-order valence-electron chi connectivity index (χ4n) is 1.53. The molecule has 0 saturated heterocycles. The van der Waals surface area contributed by atoms with Crippen LogP contribution in [0.3, 0.4) is 0 Å². The molecule has 0 bridgehead atoms. The Morgan fingerprint density at radius 3 is 2.22 bits per heavy atom. The molecule has 2 nitrogen and oxygen atoms in total. The van der Waals surface area contributed by atoms with E-state index in [0.29, 0.717) is 23.0 Å². The number of carbonyl (C=O) groups is 1. The van der Waals surface area contributed by atoms with Gasteiger partial charge in [0.1, 0.15) is 5.15 Å². The molecule has 0 fully saturated rings. The van der Waals surface area contributed by atoms with E-state index in [1.54, 1.807) is 18.2 Å². The first-order valence-electron chi connectivity index (χ1n) is 4.79. The maximum Gasteiger partial charge on any atom is 0.150 e. The van der Waals surface area contributed by atoms with Gasteiger partial charge in [0.25, 0.3) is 0 Å². The first-order valence-corrected chi connectivity index (χ1v) is 6.30. The van der Waals surface area contributed by atoms with Crippen molar-refractivity contribution in [3.05, 3.63) is 50.2 Å². The highest BCUT2D eigenvalue weighted by molar-refractivity contribution is 6.48. The van der Waals surface area contributed by atoms with Gasteiger partial charge in [-0.1, -0.05) is 46.4 Å². The average molecular weight is 321 g/mol. The highest BCUT2D eigenvalue weighted by Crippen LogP contribution is 2.37. The Labute approximate surface area is 123 Å². The van der Waals surface area contributed by atoms with Gasteiger partial charge in [-0.25, -0.2) is 4.98 Å². The molecule has 1 aromatic carbocycles. The first kappa shape index (κ1) is 13.6. The van der Waals surface area contributed by atoms with E-state index in [2.05, 4.69) is 4.98 Å². The second kappa shape index (κ2) is 5.45. The van der Waals surface area contributed by atoms with E-state index < -0.39 is 0 Å². The van der Waals surface area contributed by atoms with Gasteiger partial charge in [-0.05, 0) is 23.8 Å². The highest BCUT2D eigenvalue weighted by atomic mass is 35.5. The van der Waals surface area contributed by atoms with Crippen LogP contribution in [-0.2, 0) is 0 Å². The molecule has 0 radical (unpaired) electrons. The number of nitrogens with zero attached hydrogens (tertiary/aromatic N) is 1. The summed E-state index contributed by atoms with van der Waals surface area (Å²) < 4.78 is 0. The smallest absolute Gasteiger partial charge is 0.150 e. The van der Waals surface area contributed by atoms with Gasteiger partial charge >= 0.3 is 0 Å². The van der Waals surface area contributed by atoms with Crippen LogP contribution in [0, 0.1) is 0 Å². The fourth-order valence-corrected chi connectivity index (χ4v) is 2.40. The largest absolute Gasteiger partial charge is 0.298 e. The number of rotatable bonds is 2. The molecule has 0 aliphatic carbocycles. The lowest BCUT2D eigenvalue weighted by Gasteiger charge is -2.09. The zero-order chi connectivity index (χ0) is 13.3. The minimum absolute atomic E-state index is 0.203. The summed E-state index contributed by atoms with van der Waals surface area (Å²) in [5.41, 5.74) is 1.48. The minimum atomic E-state index is 0.203. The summed E-state index contributed by atoms with van der Waals surface area (Å²) in [5.74, 6) is 0. The minimum Gasteiger partial charge on any atom is -0.298 e. The summed E-state index contributed by atoms with van der Waals surface area (Å²) in [6, 6.07) is 4.74. The zero-order valence-corrected chi connectivity index (χ0v) is 11.8. The summed E-state index contributed by atoms with van der Waals surface area (Å²) in [7, 11) is 0. The number of aldehydes is 1. The Bertz CT molecular complexity index is 604. The van der Waals surface area contributed by atoms with Crippen LogP contribution in [0.15, 0.2) is 24.4 Å². The number of aromatic nitrogens is 1. The lowest BCUT2D eigenvalue weighted by atomic mass is 10.0. The number of carbonyl (C=O) groups excluding carboxylic acids is 1. The van der Waals surface area contributed by atoms with E-state index >= 15 is 0 Å². The van der Waals surface area contributed by atoms with Crippen LogP contribution in [0.5, 0.6) is 0 Å². The van der Waals surface area contributed by atoms with Crippen molar-refractivity contribution in [3.63, 3.8) is 0 Å². The van der Waals surface area contributed by atoms with Crippen molar-refractivity contribution in [2.45, 2.75) is 0 Å². The molecule has 0 atom stereocenters. The second-order valence-electron chi connectivity index (χ2n) is 3.44. The van der Waals surface area contributed by atoms with Gasteiger partial charge in [0.05, 0.1) is 15.1 Å². The van der Waals surface area contributed by atoms with Crippen molar-refractivity contribution in [3.8, 4) is 11.1 Å². The molecule has 0 amide bonds. The molecule has 2 rings (SSSR count). The Morgan fingerprint density at radius 2 is 1.67 bits per heavy atom. The van der Waals surface area contributed by atoms with Crippen molar-refractivity contribution in [2.24, 2.45) is 0 Å². The monoisotopic (exact) mass is 319 g/mol. The van der Waals surface area contributed by atoms with Crippen LogP contribution in [-0.4, -0.2) is 11.3 Å². The molecule has 0 aliphatic heterocycles. The molecule has 0 saturated carbocycles. The van der Waals surface area contributed by atoms with Crippen molar-refractivity contribution < 1.29 is 4.79 Å². The third-order valence-corrected chi connectivity index (χ3v) is 3.82. The molecular formula is C12H5Cl4NO. The Balaban J connectivity index is 2.73. The topological polar surface area (TPSA) is 30.0 Å². The molecule has 92 valence electrons. The zero-order valence-electron chi connectivity index (χ0n) is 8.75. The van der Waals surface area contributed by atoms with Crippen LogP contribution in [0.4, 0.5) is 0 Å². The summed E-state index contributed by atoms with van der Waals surface area (Å²) in [5, 5.41) is 1.04. The lowest BCUT2D eigenvalue weighted by Crippen LogP contribution is -1.91. The van der Waals surface area contributed by atoms with Crippen molar-refractivity contribution >= 4 is 52.7 Å². The number of halogens is 4. The Hall–Kier alpha value is -0.800. The van der Waals surface area contributed by atoms with Crippen LogP contribution in [0.1, 0.15) is 10.4 Å². The number of hydrogen-bond donors (Lipinski definition) is 0. The number of hydrogen-bond acceptors (Lipinski definition) is 2. The first-order chi connectivity index (χ1) is 8.54. The normalized spacial score (nSPS) is 10.4. The van der Waals surface area contributed by atoms with Gasteiger partial charge < -0.3 is 0 Å². The molecular weight excluding hydrogens is 316 g/mol. The third kappa shape index (κ3) is 2.47. The molecule has 18 heavy (non-hydrogen) atoms. The molecule has 0 aliphatic rings. The van der Waals surface area contributed by atoms with Crippen molar-refractivity contribution in [1.29, 1.82) is 0 Å². The van der Waals surface area contributed by atoms with Gasteiger partial charge in [-0.15, -0.1) is 0 Å². The van der Waals surface area contributed by atoms with Gasteiger partial charge in [-0.2, -0.15) is 0 Å². The summed E-state index contributed by atoms with van der Waals surface area (Å²) in [6.07, 6.45) is 2.15. The molecule has 1 heterocycles. The van der Waals surface area contributed by atoms with E-state index in [1.807, 2.05) is 0 Å². The van der Waals surface area contributed by atoms with Crippen LogP contribution in [0.2, 0.25) is 20.2 Å². The summed E-state index contributed by atoms with van der Waals surface area (Å²) >= 11 is 23.8. The van der Waals surface area contributed by atoms with Gasteiger partial charge in [0.2, 0.25) is 0 Å². The van der Waals surface area contributed by atoms with Crippen LogP contribution in [0.25, 0.3) is 11.1 Å². The van der Waals surface area contributed by atoms with Gasteiger partial charge in [0, 0.05) is 17.3 Å². The molecule has 1 aromatic heterocycles. The summed E-state index contributed by atoms with van der Waals surface area (Å²) in [4.78, 5) is 14.9. The molecule has 0 unspecified atom stereocenters. The molecule has 0 N–H and O–H groups in total.